The Morgan fingerprint density at radius 1 is 1.13 bits per heavy atom. The van der Waals surface area contributed by atoms with Crippen LogP contribution in [0.3, 0.4) is 0 Å². The second-order valence-corrected chi connectivity index (χ2v) is 6.15. The van der Waals surface area contributed by atoms with Crippen molar-refractivity contribution < 1.29 is 4.79 Å². The number of benzene rings is 1. The van der Waals surface area contributed by atoms with Crippen molar-refractivity contribution in [3.8, 4) is 0 Å². The van der Waals surface area contributed by atoms with Gasteiger partial charge in [0.15, 0.2) is 5.69 Å². The Morgan fingerprint density at radius 2 is 1.87 bits per heavy atom. The predicted octanol–water partition coefficient (Wildman–Crippen LogP) is 3.17. The summed E-state index contributed by atoms with van der Waals surface area (Å²) in [5.74, 6) is 0.860. The van der Waals surface area contributed by atoms with Gasteiger partial charge in [-0.1, -0.05) is 37.6 Å². The molecule has 1 heterocycles. The van der Waals surface area contributed by atoms with Crippen LogP contribution >= 0.6 is 11.6 Å². The predicted molar refractivity (Wildman–Crippen MR) is 92.8 cm³/mol. The van der Waals surface area contributed by atoms with Crippen molar-refractivity contribution >= 4 is 23.3 Å². The number of carbonyl (C=O) groups is 1. The Hall–Kier alpha value is -2.14. The van der Waals surface area contributed by atoms with Crippen molar-refractivity contribution in [3.05, 3.63) is 52.7 Å². The summed E-state index contributed by atoms with van der Waals surface area (Å²) in [4.78, 5) is 11.8. The molecule has 6 heteroatoms. The highest BCUT2D eigenvalue weighted by molar-refractivity contribution is 6.30. The van der Waals surface area contributed by atoms with Gasteiger partial charge < -0.3 is 10.6 Å². The van der Waals surface area contributed by atoms with Gasteiger partial charge in [-0.15, -0.1) is 10.2 Å². The molecule has 0 aliphatic heterocycles. The summed E-state index contributed by atoms with van der Waals surface area (Å²) >= 11 is 5.86. The van der Waals surface area contributed by atoms with E-state index in [4.69, 9.17) is 11.6 Å². The van der Waals surface area contributed by atoms with Crippen LogP contribution in [0.1, 0.15) is 29.9 Å². The van der Waals surface area contributed by atoms with Crippen LogP contribution in [0.25, 0.3) is 0 Å². The van der Waals surface area contributed by atoms with E-state index >= 15 is 0 Å². The molecule has 0 atom stereocenters. The Kier molecular flexibility index (Phi) is 6.35. The van der Waals surface area contributed by atoms with E-state index in [-0.39, 0.29) is 5.91 Å². The van der Waals surface area contributed by atoms with Crippen LogP contribution < -0.4 is 10.6 Å². The fraction of sp³-hybridized carbons (Fsp3) is 0.353. The number of halogens is 1. The van der Waals surface area contributed by atoms with E-state index in [0.29, 0.717) is 24.0 Å². The average Bonchev–Trinajstić information content (AvgIpc) is 2.55. The maximum Gasteiger partial charge on any atom is 0.271 e. The third-order valence-electron chi connectivity index (χ3n) is 3.20. The minimum Gasteiger partial charge on any atom is -0.368 e. The van der Waals surface area contributed by atoms with Crippen LogP contribution in [0.5, 0.6) is 0 Å². The number of nitrogens with one attached hydrogen (secondary N) is 2. The fourth-order valence-corrected chi connectivity index (χ4v) is 2.05. The molecule has 1 aromatic heterocycles. The number of amides is 1. The molecule has 0 fully saturated rings. The Morgan fingerprint density at radius 3 is 2.48 bits per heavy atom. The monoisotopic (exact) mass is 332 g/mol. The van der Waals surface area contributed by atoms with Gasteiger partial charge in [-0.3, -0.25) is 4.79 Å². The van der Waals surface area contributed by atoms with Crippen LogP contribution in [0.4, 0.5) is 5.82 Å². The summed E-state index contributed by atoms with van der Waals surface area (Å²) in [5, 5.41) is 14.7. The molecular weight excluding hydrogens is 312 g/mol. The zero-order valence-corrected chi connectivity index (χ0v) is 14.1. The van der Waals surface area contributed by atoms with Crippen LogP contribution in [-0.2, 0) is 6.42 Å². The van der Waals surface area contributed by atoms with Gasteiger partial charge in [0.1, 0.15) is 5.82 Å². The second kappa shape index (κ2) is 8.48. The Balaban J connectivity index is 1.80. The standard InChI is InChI=1S/C17H21ClN4O/c1-12(2)11-20-17(23)15-7-8-16(22-21-15)19-10-9-13-3-5-14(18)6-4-13/h3-8,12H,9-11H2,1-2H3,(H,19,22)(H,20,23). The maximum absolute atomic E-state index is 11.8. The molecule has 23 heavy (non-hydrogen) atoms. The van der Waals surface area contributed by atoms with Crippen LogP contribution in [-0.4, -0.2) is 29.2 Å². The smallest absolute Gasteiger partial charge is 0.271 e. The van der Waals surface area contributed by atoms with Gasteiger partial charge in [0.25, 0.3) is 5.91 Å². The number of carbonyl (C=O) groups excluding carboxylic acids is 1. The molecule has 0 aliphatic rings. The number of anilines is 1. The number of rotatable bonds is 7. The van der Waals surface area contributed by atoms with Gasteiger partial charge in [0, 0.05) is 18.1 Å². The molecule has 1 aromatic carbocycles. The highest BCUT2D eigenvalue weighted by atomic mass is 35.5. The summed E-state index contributed by atoms with van der Waals surface area (Å²) in [7, 11) is 0. The molecule has 0 radical (unpaired) electrons. The summed E-state index contributed by atoms with van der Waals surface area (Å²) in [6.45, 7) is 5.44. The van der Waals surface area contributed by atoms with Crippen molar-refractivity contribution in [2.24, 2.45) is 5.92 Å². The number of hydrogen-bond acceptors (Lipinski definition) is 4. The van der Waals surface area contributed by atoms with Gasteiger partial charge >= 0.3 is 0 Å². The fourth-order valence-electron chi connectivity index (χ4n) is 1.92. The van der Waals surface area contributed by atoms with E-state index in [9.17, 15) is 4.79 Å². The summed E-state index contributed by atoms with van der Waals surface area (Å²) < 4.78 is 0. The molecule has 2 N–H and O–H groups in total. The lowest BCUT2D eigenvalue weighted by Crippen LogP contribution is -2.28. The zero-order valence-electron chi connectivity index (χ0n) is 13.3. The zero-order chi connectivity index (χ0) is 16.7. The van der Waals surface area contributed by atoms with Crippen LogP contribution in [0, 0.1) is 5.92 Å². The Bertz CT molecular complexity index is 626. The van der Waals surface area contributed by atoms with E-state index in [1.54, 1.807) is 12.1 Å². The number of aromatic nitrogens is 2. The van der Waals surface area contributed by atoms with Crippen molar-refractivity contribution in [1.29, 1.82) is 0 Å². The largest absolute Gasteiger partial charge is 0.368 e. The minimum atomic E-state index is -0.195. The molecule has 1 amide bonds. The van der Waals surface area contributed by atoms with E-state index < -0.39 is 0 Å². The molecule has 122 valence electrons. The van der Waals surface area contributed by atoms with Gasteiger partial charge in [0.05, 0.1) is 0 Å². The van der Waals surface area contributed by atoms with E-state index in [1.165, 1.54) is 5.56 Å². The second-order valence-electron chi connectivity index (χ2n) is 5.71. The molecular formula is C17H21ClN4O. The first-order valence-electron chi connectivity index (χ1n) is 7.65. The topological polar surface area (TPSA) is 66.9 Å². The molecule has 0 saturated carbocycles. The van der Waals surface area contributed by atoms with Crippen molar-refractivity contribution in [2.75, 3.05) is 18.4 Å². The molecule has 5 nitrogen and oxygen atoms in total. The molecule has 0 saturated heterocycles. The number of hydrogen-bond donors (Lipinski definition) is 2. The molecule has 0 bridgehead atoms. The molecule has 0 spiro atoms. The highest BCUT2D eigenvalue weighted by Crippen LogP contribution is 2.10. The molecule has 0 unspecified atom stereocenters. The quantitative estimate of drug-likeness (QED) is 0.817. The lowest BCUT2D eigenvalue weighted by atomic mass is 10.1. The van der Waals surface area contributed by atoms with E-state index in [2.05, 4.69) is 20.8 Å². The maximum atomic E-state index is 11.8. The number of nitrogens with zero attached hydrogens (tertiary/aromatic N) is 2. The van der Waals surface area contributed by atoms with Crippen LogP contribution in [0.15, 0.2) is 36.4 Å². The first kappa shape index (κ1) is 17.2. The SMILES string of the molecule is CC(C)CNC(=O)c1ccc(NCCc2ccc(Cl)cc2)nn1. The summed E-state index contributed by atoms with van der Waals surface area (Å²) in [6.07, 6.45) is 0.857. The third kappa shape index (κ3) is 5.87. The first-order chi connectivity index (χ1) is 11.0. The van der Waals surface area contributed by atoms with Gasteiger partial charge in [0.2, 0.25) is 0 Å². The lowest BCUT2D eigenvalue weighted by molar-refractivity contribution is 0.0943. The highest BCUT2D eigenvalue weighted by Gasteiger charge is 2.08. The average molecular weight is 333 g/mol. The van der Waals surface area contributed by atoms with E-state index in [0.717, 1.165) is 18.0 Å². The third-order valence-corrected chi connectivity index (χ3v) is 3.45. The molecule has 2 aromatic rings. The lowest BCUT2D eigenvalue weighted by Gasteiger charge is -2.08. The van der Waals surface area contributed by atoms with Crippen LogP contribution in [0.2, 0.25) is 5.02 Å². The van der Waals surface area contributed by atoms with Gasteiger partial charge in [-0.05, 0) is 42.2 Å². The molecule has 0 aliphatic carbocycles. The normalized spacial score (nSPS) is 10.6. The minimum absolute atomic E-state index is 0.195. The summed E-state index contributed by atoms with van der Waals surface area (Å²) in [6, 6.07) is 11.2. The molecule has 2 rings (SSSR count). The van der Waals surface area contributed by atoms with E-state index in [1.807, 2.05) is 38.1 Å². The van der Waals surface area contributed by atoms with Crippen molar-refractivity contribution in [3.63, 3.8) is 0 Å². The first-order valence-corrected chi connectivity index (χ1v) is 8.02. The van der Waals surface area contributed by atoms with Gasteiger partial charge in [-0.25, -0.2) is 0 Å². The van der Waals surface area contributed by atoms with Gasteiger partial charge in [-0.2, -0.15) is 0 Å². The van der Waals surface area contributed by atoms with Crippen molar-refractivity contribution in [1.82, 2.24) is 15.5 Å². The Labute approximate surface area is 141 Å². The summed E-state index contributed by atoms with van der Waals surface area (Å²) in [5.41, 5.74) is 1.52. The van der Waals surface area contributed by atoms with Crippen molar-refractivity contribution in [2.45, 2.75) is 20.3 Å².